The van der Waals surface area contributed by atoms with Crippen LogP contribution in [0.3, 0.4) is 0 Å². The van der Waals surface area contributed by atoms with Crippen molar-refractivity contribution < 1.29 is 18.7 Å². The molecule has 1 aromatic carbocycles. The summed E-state index contributed by atoms with van der Waals surface area (Å²) in [5.74, 6) is -0.168. The van der Waals surface area contributed by atoms with Gasteiger partial charge in [-0.2, -0.15) is 0 Å². The minimum absolute atomic E-state index is 0.0413. The van der Waals surface area contributed by atoms with Crippen LogP contribution >= 0.6 is 0 Å². The summed E-state index contributed by atoms with van der Waals surface area (Å²) in [6, 6.07) is 9.25. The number of carbonyl (C=O) groups is 2. The lowest BCUT2D eigenvalue weighted by atomic mass is 10.2. The van der Waals surface area contributed by atoms with Crippen molar-refractivity contribution in [3.8, 4) is 23.0 Å². The Hall–Kier alpha value is -3.92. The third-order valence-corrected chi connectivity index (χ3v) is 3.76. The molecule has 1 amide bonds. The van der Waals surface area contributed by atoms with E-state index in [0.29, 0.717) is 17.6 Å². The molecule has 148 valence electrons. The van der Waals surface area contributed by atoms with Gasteiger partial charge in [-0.25, -0.2) is 19.3 Å². The minimum Gasteiger partial charge on any atom is -0.439 e. The highest BCUT2D eigenvalue weighted by atomic mass is 19.1. The summed E-state index contributed by atoms with van der Waals surface area (Å²) >= 11 is 0. The number of anilines is 1. The van der Waals surface area contributed by atoms with E-state index in [1.165, 1.54) is 36.5 Å². The van der Waals surface area contributed by atoms with E-state index >= 15 is 0 Å². The molecule has 2 heterocycles. The SMILES string of the molecule is NC[C@@H](C=O)Nc1cc(C(N)=O)nc(-c2ccnc(Oc3ccc(F)cc3)c2)n1. The average Bonchev–Trinajstić information content (AvgIpc) is 2.73. The van der Waals surface area contributed by atoms with Crippen LogP contribution in [-0.4, -0.2) is 39.7 Å². The molecule has 0 spiro atoms. The molecule has 0 saturated carbocycles. The van der Waals surface area contributed by atoms with Crippen LogP contribution in [-0.2, 0) is 4.79 Å². The molecule has 0 saturated heterocycles. The molecule has 3 aromatic rings. The molecule has 5 N–H and O–H groups in total. The van der Waals surface area contributed by atoms with Gasteiger partial charge in [-0.3, -0.25) is 4.79 Å². The van der Waals surface area contributed by atoms with Crippen molar-refractivity contribution in [1.29, 1.82) is 0 Å². The average molecular weight is 396 g/mol. The summed E-state index contributed by atoms with van der Waals surface area (Å²) in [7, 11) is 0. The zero-order valence-corrected chi connectivity index (χ0v) is 15.1. The molecular formula is C19H17FN6O3. The molecule has 0 fully saturated rings. The summed E-state index contributed by atoms with van der Waals surface area (Å²) in [5.41, 5.74) is 11.3. The van der Waals surface area contributed by atoms with Gasteiger partial charge in [0.1, 0.15) is 29.4 Å². The lowest BCUT2D eigenvalue weighted by Gasteiger charge is -2.13. The van der Waals surface area contributed by atoms with Crippen molar-refractivity contribution in [2.24, 2.45) is 11.5 Å². The molecule has 3 rings (SSSR count). The van der Waals surface area contributed by atoms with Gasteiger partial charge in [-0.05, 0) is 30.3 Å². The number of nitrogens with one attached hydrogen (secondary N) is 1. The third kappa shape index (κ3) is 5.08. The van der Waals surface area contributed by atoms with Crippen LogP contribution in [0, 0.1) is 5.82 Å². The van der Waals surface area contributed by atoms with Gasteiger partial charge in [0.15, 0.2) is 5.82 Å². The molecule has 9 nitrogen and oxygen atoms in total. The molecule has 29 heavy (non-hydrogen) atoms. The number of hydrogen-bond donors (Lipinski definition) is 3. The predicted octanol–water partition coefficient (Wildman–Crippen LogP) is 1.51. The first-order valence-electron chi connectivity index (χ1n) is 8.49. The van der Waals surface area contributed by atoms with E-state index in [4.69, 9.17) is 16.2 Å². The maximum atomic E-state index is 13.0. The molecule has 1 atom stereocenters. The van der Waals surface area contributed by atoms with E-state index in [-0.39, 0.29) is 35.6 Å². The molecular weight excluding hydrogens is 379 g/mol. The van der Waals surface area contributed by atoms with Crippen molar-refractivity contribution in [3.05, 3.63) is 60.2 Å². The fourth-order valence-corrected chi connectivity index (χ4v) is 2.34. The second-order valence-corrected chi connectivity index (χ2v) is 5.89. The number of amides is 1. The maximum Gasteiger partial charge on any atom is 0.267 e. The molecule has 0 unspecified atom stereocenters. The van der Waals surface area contributed by atoms with Gasteiger partial charge in [0.2, 0.25) is 5.88 Å². The molecule has 0 radical (unpaired) electrons. The monoisotopic (exact) mass is 396 g/mol. The second-order valence-electron chi connectivity index (χ2n) is 5.89. The number of hydrogen-bond acceptors (Lipinski definition) is 8. The number of nitrogens with two attached hydrogens (primary N) is 2. The number of pyridine rings is 1. The van der Waals surface area contributed by atoms with Gasteiger partial charge >= 0.3 is 0 Å². The van der Waals surface area contributed by atoms with Crippen LogP contribution in [0.25, 0.3) is 11.4 Å². The zero-order valence-electron chi connectivity index (χ0n) is 15.1. The van der Waals surface area contributed by atoms with E-state index in [1.807, 2.05) is 0 Å². The smallest absolute Gasteiger partial charge is 0.267 e. The standard InChI is InChI=1S/C19H17FN6O3/c20-12-1-3-14(4-2-12)29-17-7-11(5-6-23-17)19-25-15(18(22)28)8-16(26-19)24-13(9-21)10-27/h1-8,10,13H,9,21H2,(H2,22,28)(H,24,25,26)/t13-/m0/s1. The summed E-state index contributed by atoms with van der Waals surface area (Å²) in [4.78, 5) is 35.2. The van der Waals surface area contributed by atoms with Gasteiger partial charge in [0.25, 0.3) is 5.91 Å². The van der Waals surface area contributed by atoms with Crippen LogP contribution in [0.2, 0.25) is 0 Å². The first-order chi connectivity index (χ1) is 14.0. The molecule has 2 aromatic heterocycles. The second kappa shape index (κ2) is 8.85. The van der Waals surface area contributed by atoms with E-state index in [1.54, 1.807) is 12.1 Å². The highest BCUT2D eigenvalue weighted by Crippen LogP contribution is 2.25. The van der Waals surface area contributed by atoms with E-state index in [0.717, 1.165) is 0 Å². The van der Waals surface area contributed by atoms with E-state index < -0.39 is 11.9 Å². The number of aldehydes is 1. The zero-order chi connectivity index (χ0) is 20.8. The van der Waals surface area contributed by atoms with Crippen molar-refractivity contribution in [1.82, 2.24) is 15.0 Å². The Kier molecular flexibility index (Phi) is 6.05. The van der Waals surface area contributed by atoms with Crippen molar-refractivity contribution in [2.75, 3.05) is 11.9 Å². The van der Waals surface area contributed by atoms with Crippen molar-refractivity contribution in [2.45, 2.75) is 6.04 Å². The van der Waals surface area contributed by atoms with Gasteiger partial charge in [-0.1, -0.05) is 0 Å². The summed E-state index contributed by atoms with van der Waals surface area (Å²) < 4.78 is 18.6. The highest BCUT2D eigenvalue weighted by Gasteiger charge is 2.14. The van der Waals surface area contributed by atoms with Crippen LogP contribution < -0.4 is 21.5 Å². The van der Waals surface area contributed by atoms with Crippen molar-refractivity contribution in [3.63, 3.8) is 0 Å². The summed E-state index contributed by atoms with van der Waals surface area (Å²) in [6.07, 6.45) is 2.10. The number of primary amides is 1. The molecule has 0 aliphatic carbocycles. The number of halogens is 1. The lowest BCUT2D eigenvalue weighted by molar-refractivity contribution is -0.108. The number of ether oxygens (including phenoxy) is 1. The van der Waals surface area contributed by atoms with Crippen molar-refractivity contribution >= 4 is 18.0 Å². The van der Waals surface area contributed by atoms with Crippen LogP contribution in [0.4, 0.5) is 10.2 Å². The fraction of sp³-hybridized carbons (Fsp3) is 0.105. The van der Waals surface area contributed by atoms with E-state index in [9.17, 15) is 14.0 Å². The quantitative estimate of drug-likeness (QED) is 0.486. The Morgan fingerprint density at radius 1 is 1.21 bits per heavy atom. The molecule has 0 aliphatic heterocycles. The minimum atomic E-state index is -0.760. The predicted molar refractivity (Wildman–Crippen MR) is 103 cm³/mol. The number of nitrogens with zero attached hydrogens (tertiary/aromatic N) is 3. The number of aromatic nitrogens is 3. The number of benzene rings is 1. The number of carbonyl (C=O) groups excluding carboxylic acids is 2. The Balaban J connectivity index is 1.94. The molecule has 0 aliphatic rings. The van der Waals surface area contributed by atoms with Gasteiger partial charge < -0.3 is 26.3 Å². The Bertz CT molecular complexity index is 1030. The topological polar surface area (TPSA) is 146 Å². The first-order valence-corrected chi connectivity index (χ1v) is 8.49. The summed E-state index contributed by atoms with van der Waals surface area (Å²) in [5, 5.41) is 2.81. The van der Waals surface area contributed by atoms with Gasteiger partial charge in [0.05, 0.1) is 6.04 Å². The Morgan fingerprint density at radius 2 is 1.97 bits per heavy atom. The normalized spacial score (nSPS) is 11.5. The van der Waals surface area contributed by atoms with Crippen LogP contribution in [0.5, 0.6) is 11.6 Å². The Morgan fingerprint density at radius 3 is 2.62 bits per heavy atom. The van der Waals surface area contributed by atoms with E-state index in [2.05, 4.69) is 20.3 Å². The largest absolute Gasteiger partial charge is 0.439 e. The Labute approximate surface area is 164 Å². The molecule has 0 bridgehead atoms. The fourth-order valence-electron chi connectivity index (χ4n) is 2.34. The summed E-state index contributed by atoms with van der Waals surface area (Å²) in [6.45, 7) is 0.0413. The van der Waals surface area contributed by atoms with Gasteiger partial charge in [0, 0.05) is 30.4 Å². The van der Waals surface area contributed by atoms with Crippen LogP contribution in [0.15, 0.2) is 48.7 Å². The van der Waals surface area contributed by atoms with Gasteiger partial charge in [-0.15, -0.1) is 0 Å². The lowest BCUT2D eigenvalue weighted by Crippen LogP contribution is -2.30. The first kappa shape index (κ1) is 19.8. The number of rotatable bonds is 8. The van der Waals surface area contributed by atoms with Crippen LogP contribution in [0.1, 0.15) is 10.5 Å². The highest BCUT2D eigenvalue weighted by molar-refractivity contribution is 5.92. The molecule has 10 heteroatoms. The third-order valence-electron chi connectivity index (χ3n) is 3.76. The maximum absolute atomic E-state index is 13.0.